The van der Waals surface area contributed by atoms with Gasteiger partial charge in [-0.3, -0.25) is 5.10 Å². The van der Waals surface area contributed by atoms with Gasteiger partial charge in [-0.15, -0.1) is 24.0 Å². The van der Waals surface area contributed by atoms with Gasteiger partial charge in [0.1, 0.15) is 0 Å². The molecule has 0 bridgehead atoms. The predicted octanol–water partition coefficient (Wildman–Crippen LogP) is 1.72. The van der Waals surface area contributed by atoms with Crippen molar-refractivity contribution in [2.24, 2.45) is 4.99 Å². The van der Waals surface area contributed by atoms with Gasteiger partial charge in [-0.1, -0.05) is 0 Å². The SMILES string of the molecule is CCNC(=NCc1c(C)n[nH]c1C)NCC.I. The third kappa shape index (κ3) is 4.93. The number of nitrogens with one attached hydrogen (secondary N) is 3. The third-order valence-corrected chi connectivity index (χ3v) is 2.36. The van der Waals surface area contributed by atoms with Crippen LogP contribution in [0.3, 0.4) is 0 Å². The lowest BCUT2D eigenvalue weighted by molar-refractivity contribution is 0.837. The van der Waals surface area contributed by atoms with E-state index in [-0.39, 0.29) is 24.0 Å². The molecule has 6 heteroatoms. The molecule has 17 heavy (non-hydrogen) atoms. The topological polar surface area (TPSA) is 65.1 Å². The van der Waals surface area contributed by atoms with E-state index in [1.54, 1.807) is 0 Å². The Bertz CT molecular complexity index is 331. The molecule has 0 aliphatic rings. The molecule has 5 nitrogen and oxygen atoms in total. The highest BCUT2D eigenvalue weighted by atomic mass is 127. The molecule has 1 rings (SSSR count). The molecule has 1 heterocycles. The highest BCUT2D eigenvalue weighted by Crippen LogP contribution is 2.10. The maximum atomic E-state index is 4.50. The number of H-pyrrole nitrogens is 1. The predicted molar refractivity (Wildman–Crippen MR) is 82.0 cm³/mol. The molecule has 3 N–H and O–H groups in total. The molecule has 98 valence electrons. The van der Waals surface area contributed by atoms with Crippen molar-refractivity contribution >= 4 is 29.9 Å². The van der Waals surface area contributed by atoms with Crippen molar-refractivity contribution in [3.63, 3.8) is 0 Å². The smallest absolute Gasteiger partial charge is 0.191 e. The van der Waals surface area contributed by atoms with E-state index >= 15 is 0 Å². The summed E-state index contributed by atoms with van der Waals surface area (Å²) in [5, 5.41) is 13.5. The summed E-state index contributed by atoms with van der Waals surface area (Å²) in [5.74, 6) is 0.852. The molecule has 0 spiro atoms. The second kappa shape index (κ2) is 8.32. The molecule has 0 atom stereocenters. The van der Waals surface area contributed by atoms with Gasteiger partial charge in [0.15, 0.2) is 5.96 Å². The molecule has 1 aromatic heterocycles. The van der Waals surface area contributed by atoms with Gasteiger partial charge in [0.05, 0.1) is 12.2 Å². The van der Waals surface area contributed by atoms with Gasteiger partial charge >= 0.3 is 0 Å². The number of rotatable bonds is 4. The Hall–Kier alpha value is -0.790. The fourth-order valence-electron chi connectivity index (χ4n) is 1.47. The van der Waals surface area contributed by atoms with Gasteiger partial charge in [0, 0.05) is 24.3 Å². The van der Waals surface area contributed by atoms with Crippen molar-refractivity contribution in [2.75, 3.05) is 13.1 Å². The van der Waals surface area contributed by atoms with E-state index in [9.17, 15) is 0 Å². The molecule has 1 aromatic rings. The monoisotopic (exact) mass is 351 g/mol. The van der Waals surface area contributed by atoms with Crippen molar-refractivity contribution in [2.45, 2.75) is 34.2 Å². The Morgan fingerprint density at radius 2 is 1.82 bits per heavy atom. The molecule has 0 saturated heterocycles. The Morgan fingerprint density at radius 1 is 1.24 bits per heavy atom. The van der Waals surface area contributed by atoms with Crippen LogP contribution in [-0.2, 0) is 6.54 Å². The van der Waals surface area contributed by atoms with Gasteiger partial charge < -0.3 is 10.6 Å². The van der Waals surface area contributed by atoms with Crippen LogP contribution < -0.4 is 10.6 Å². The van der Waals surface area contributed by atoms with Crippen molar-refractivity contribution < 1.29 is 0 Å². The molecule has 0 amide bonds. The van der Waals surface area contributed by atoms with Crippen LogP contribution in [0.5, 0.6) is 0 Å². The normalized spacial score (nSPS) is 9.41. The number of aromatic amines is 1. The number of nitrogens with zero attached hydrogens (tertiary/aromatic N) is 2. The Balaban J connectivity index is 0.00000256. The summed E-state index contributed by atoms with van der Waals surface area (Å²) in [4.78, 5) is 4.50. The molecular weight excluding hydrogens is 329 g/mol. The van der Waals surface area contributed by atoms with Crippen LogP contribution in [0, 0.1) is 13.8 Å². The minimum Gasteiger partial charge on any atom is -0.357 e. The zero-order valence-corrected chi connectivity index (χ0v) is 13.3. The first kappa shape index (κ1) is 16.2. The van der Waals surface area contributed by atoms with Gasteiger partial charge in [-0.25, -0.2) is 4.99 Å². The van der Waals surface area contributed by atoms with Crippen LogP contribution >= 0.6 is 24.0 Å². The summed E-state index contributed by atoms with van der Waals surface area (Å²) < 4.78 is 0. The van der Waals surface area contributed by atoms with Crippen LogP contribution in [0.1, 0.15) is 30.8 Å². The first-order valence-electron chi connectivity index (χ1n) is 5.71. The number of hydrogen-bond donors (Lipinski definition) is 3. The molecule has 0 aliphatic heterocycles. The van der Waals surface area contributed by atoms with Gasteiger partial charge in [-0.05, 0) is 27.7 Å². The molecule has 0 saturated carbocycles. The summed E-state index contributed by atoms with van der Waals surface area (Å²) in [7, 11) is 0. The van der Waals surface area contributed by atoms with E-state index in [0.717, 1.165) is 30.4 Å². The number of guanidine groups is 1. The molecule has 0 aromatic carbocycles. The first-order chi connectivity index (χ1) is 7.69. The minimum atomic E-state index is 0. The Morgan fingerprint density at radius 3 is 2.24 bits per heavy atom. The summed E-state index contributed by atoms with van der Waals surface area (Å²) in [6, 6.07) is 0. The van der Waals surface area contributed by atoms with Crippen LogP contribution in [0.4, 0.5) is 0 Å². The van der Waals surface area contributed by atoms with Crippen molar-refractivity contribution in [3.8, 4) is 0 Å². The van der Waals surface area contributed by atoms with Crippen molar-refractivity contribution in [1.29, 1.82) is 0 Å². The van der Waals surface area contributed by atoms with Crippen molar-refractivity contribution in [3.05, 3.63) is 17.0 Å². The second-order valence-electron chi connectivity index (χ2n) is 3.64. The second-order valence-corrected chi connectivity index (χ2v) is 3.64. The lowest BCUT2D eigenvalue weighted by Crippen LogP contribution is -2.37. The molecule has 0 fully saturated rings. The largest absolute Gasteiger partial charge is 0.357 e. The maximum Gasteiger partial charge on any atom is 0.191 e. The highest BCUT2D eigenvalue weighted by Gasteiger charge is 2.05. The highest BCUT2D eigenvalue weighted by molar-refractivity contribution is 14.0. The molecule has 0 unspecified atom stereocenters. The Labute approximate surface area is 120 Å². The van der Waals surface area contributed by atoms with Gasteiger partial charge in [0.2, 0.25) is 0 Å². The number of aryl methyl sites for hydroxylation is 2. The van der Waals surface area contributed by atoms with E-state index in [1.165, 1.54) is 5.56 Å². The summed E-state index contributed by atoms with van der Waals surface area (Å²) in [6.45, 7) is 10.5. The lowest BCUT2D eigenvalue weighted by atomic mass is 10.2. The Kier molecular flexibility index (Phi) is 7.94. The van der Waals surface area contributed by atoms with Crippen LogP contribution in [0.15, 0.2) is 4.99 Å². The average molecular weight is 351 g/mol. The van der Waals surface area contributed by atoms with E-state index < -0.39 is 0 Å². The summed E-state index contributed by atoms with van der Waals surface area (Å²) >= 11 is 0. The van der Waals surface area contributed by atoms with E-state index in [2.05, 4.69) is 39.7 Å². The quantitative estimate of drug-likeness (QED) is 0.440. The fraction of sp³-hybridized carbons (Fsp3) is 0.636. The van der Waals surface area contributed by atoms with Gasteiger partial charge in [0.25, 0.3) is 0 Å². The fourth-order valence-corrected chi connectivity index (χ4v) is 1.47. The average Bonchev–Trinajstić information content (AvgIpc) is 2.56. The van der Waals surface area contributed by atoms with Crippen molar-refractivity contribution in [1.82, 2.24) is 20.8 Å². The first-order valence-corrected chi connectivity index (χ1v) is 5.71. The summed E-state index contributed by atoms with van der Waals surface area (Å²) in [5.41, 5.74) is 3.29. The van der Waals surface area contributed by atoms with E-state index in [0.29, 0.717) is 6.54 Å². The van der Waals surface area contributed by atoms with Gasteiger partial charge in [-0.2, -0.15) is 5.10 Å². The number of aromatic nitrogens is 2. The molecule has 0 radical (unpaired) electrons. The lowest BCUT2D eigenvalue weighted by Gasteiger charge is -2.08. The molecule has 0 aliphatic carbocycles. The van der Waals surface area contributed by atoms with Crippen LogP contribution in [0.2, 0.25) is 0 Å². The van der Waals surface area contributed by atoms with E-state index in [1.807, 2.05) is 13.8 Å². The summed E-state index contributed by atoms with van der Waals surface area (Å²) in [6.07, 6.45) is 0. The molecular formula is C11H22IN5. The zero-order valence-electron chi connectivity index (χ0n) is 10.9. The number of aliphatic imine (C=N–C) groups is 1. The van der Waals surface area contributed by atoms with Crippen LogP contribution in [-0.4, -0.2) is 29.2 Å². The number of hydrogen-bond acceptors (Lipinski definition) is 2. The standard InChI is InChI=1S/C11H21N5.HI/c1-5-12-11(13-6-2)14-7-10-8(3)15-16-9(10)4;/h5-7H2,1-4H3,(H,15,16)(H2,12,13,14);1H. The van der Waals surface area contributed by atoms with Crippen LogP contribution in [0.25, 0.3) is 0 Å². The maximum absolute atomic E-state index is 4.50. The number of halogens is 1. The van der Waals surface area contributed by atoms with E-state index in [4.69, 9.17) is 0 Å². The zero-order chi connectivity index (χ0) is 12.0. The third-order valence-electron chi connectivity index (χ3n) is 2.36. The minimum absolute atomic E-state index is 0.